The fourth-order valence-corrected chi connectivity index (χ4v) is 1.83. The van der Waals surface area contributed by atoms with Crippen LogP contribution in [0.5, 0.6) is 0 Å². The van der Waals surface area contributed by atoms with Gasteiger partial charge in [0.1, 0.15) is 6.29 Å². The van der Waals surface area contributed by atoms with Crippen LogP contribution in [0.2, 0.25) is 0 Å². The van der Waals surface area contributed by atoms with Crippen LogP contribution in [-0.2, 0) is 4.79 Å². The predicted molar refractivity (Wildman–Crippen MR) is 45.1 cm³/mol. The molecular formula is C9H17NO. The van der Waals surface area contributed by atoms with E-state index < -0.39 is 0 Å². The third kappa shape index (κ3) is 1.80. The Kier molecular flexibility index (Phi) is 2.66. The van der Waals surface area contributed by atoms with E-state index in [1.807, 2.05) is 0 Å². The Bertz CT molecular complexity index is 146. The summed E-state index contributed by atoms with van der Waals surface area (Å²) < 4.78 is 0. The summed E-state index contributed by atoms with van der Waals surface area (Å²) in [5.41, 5.74) is 5.81. The van der Waals surface area contributed by atoms with Crippen LogP contribution in [0.15, 0.2) is 0 Å². The molecule has 2 heteroatoms. The van der Waals surface area contributed by atoms with Crippen molar-refractivity contribution < 1.29 is 4.79 Å². The topological polar surface area (TPSA) is 43.1 Å². The lowest BCUT2D eigenvalue weighted by atomic mass is 9.74. The number of carbonyl (C=O) groups is 1. The van der Waals surface area contributed by atoms with Gasteiger partial charge in [-0.15, -0.1) is 0 Å². The highest BCUT2D eigenvalue weighted by Crippen LogP contribution is 2.31. The van der Waals surface area contributed by atoms with Gasteiger partial charge in [0.25, 0.3) is 0 Å². The highest BCUT2D eigenvalue weighted by atomic mass is 16.1. The van der Waals surface area contributed by atoms with Crippen molar-refractivity contribution in [3.63, 3.8) is 0 Å². The molecule has 64 valence electrons. The zero-order chi connectivity index (χ0) is 8.43. The van der Waals surface area contributed by atoms with Crippen LogP contribution in [0.3, 0.4) is 0 Å². The van der Waals surface area contributed by atoms with Gasteiger partial charge in [-0.25, -0.2) is 0 Å². The first kappa shape index (κ1) is 8.72. The molecule has 0 bridgehead atoms. The van der Waals surface area contributed by atoms with Gasteiger partial charge in [-0.3, -0.25) is 0 Å². The summed E-state index contributed by atoms with van der Waals surface area (Å²) >= 11 is 0. The van der Waals surface area contributed by atoms with Crippen LogP contribution in [0.1, 0.15) is 26.7 Å². The molecule has 1 fully saturated rings. The van der Waals surface area contributed by atoms with Crippen molar-refractivity contribution in [2.45, 2.75) is 32.7 Å². The molecule has 1 aliphatic rings. The zero-order valence-corrected chi connectivity index (χ0v) is 7.29. The number of rotatable bonds is 1. The number of carbonyl (C=O) groups excluding carboxylic acids is 1. The lowest BCUT2D eigenvalue weighted by molar-refractivity contribution is -0.113. The van der Waals surface area contributed by atoms with Crippen molar-refractivity contribution in [1.82, 2.24) is 0 Å². The van der Waals surface area contributed by atoms with E-state index in [2.05, 4.69) is 13.8 Å². The Balaban J connectivity index is 2.54. The molecule has 4 atom stereocenters. The Morgan fingerprint density at radius 3 is 2.36 bits per heavy atom. The first-order valence-electron chi connectivity index (χ1n) is 4.36. The number of hydrogen-bond acceptors (Lipinski definition) is 2. The van der Waals surface area contributed by atoms with E-state index in [4.69, 9.17) is 5.73 Å². The molecule has 0 saturated heterocycles. The SMILES string of the molecule is CC1CC(N)C(C=O)CC1C. The predicted octanol–water partition coefficient (Wildman–Crippen LogP) is 1.19. The molecule has 1 saturated carbocycles. The second-order valence-corrected chi connectivity index (χ2v) is 3.89. The lowest BCUT2D eigenvalue weighted by Crippen LogP contribution is -2.39. The molecule has 0 aromatic carbocycles. The third-order valence-corrected chi connectivity index (χ3v) is 2.98. The molecule has 2 nitrogen and oxygen atoms in total. The second-order valence-electron chi connectivity index (χ2n) is 3.89. The zero-order valence-electron chi connectivity index (χ0n) is 7.29. The second kappa shape index (κ2) is 3.35. The summed E-state index contributed by atoms with van der Waals surface area (Å²) in [6, 6.07) is 0.110. The quantitative estimate of drug-likeness (QED) is 0.578. The molecule has 0 radical (unpaired) electrons. The van der Waals surface area contributed by atoms with Gasteiger partial charge in [-0.05, 0) is 24.7 Å². The van der Waals surface area contributed by atoms with Crippen molar-refractivity contribution in [1.29, 1.82) is 0 Å². The van der Waals surface area contributed by atoms with Crippen LogP contribution in [0.4, 0.5) is 0 Å². The maximum absolute atomic E-state index is 10.5. The Hall–Kier alpha value is -0.370. The van der Waals surface area contributed by atoms with Crippen LogP contribution < -0.4 is 5.73 Å². The Labute approximate surface area is 68.2 Å². The molecule has 0 aromatic rings. The first-order valence-corrected chi connectivity index (χ1v) is 4.36. The van der Waals surface area contributed by atoms with E-state index >= 15 is 0 Å². The molecular weight excluding hydrogens is 138 g/mol. The van der Waals surface area contributed by atoms with Gasteiger partial charge in [0.05, 0.1) is 0 Å². The monoisotopic (exact) mass is 155 g/mol. The number of aldehydes is 1. The van der Waals surface area contributed by atoms with Crippen molar-refractivity contribution in [3.8, 4) is 0 Å². The molecule has 4 unspecified atom stereocenters. The fraction of sp³-hybridized carbons (Fsp3) is 0.889. The standard InChI is InChI=1S/C9H17NO/c1-6-3-8(5-11)9(10)4-7(6)2/h5-9H,3-4,10H2,1-2H3. The largest absolute Gasteiger partial charge is 0.327 e. The maximum Gasteiger partial charge on any atom is 0.124 e. The van der Waals surface area contributed by atoms with Gasteiger partial charge in [0.15, 0.2) is 0 Å². The van der Waals surface area contributed by atoms with E-state index in [0.29, 0.717) is 11.8 Å². The van der Waals surface area contributed by atoms with Gasteiger partial charge >= 0.3 is 0 Å². The van der Waals surface area contributed by atoms with E-state index in [-0.39, 0.29) is 12.0 Å². The minimum atomic E-state index is 0.110. The minimum absolute atomic E-state index is 0.110. The highest BCUT2D eigenvalue weighted by Gasteiger charge is 2.29. The Morgan fingerprint density at radius 1 is 1.27 bits per heavy atom. The smallest absolute Gasteiger partial charge is 0.124 e. The average Bonchev–Trinajstić information content (AvgIpc) is 1.97. The first-order chi connectivity index (χ1) is 5.15. The molecule has 0 aromatic heterocycles. The average molecular weight is 155 g/mol. The summed E-state index contributed by atoms with van der Waals surface area (Å²) in [6.45, 7) is 4.42. The van der Waals surface area contributed by atoms with Crippen molar-refractivity contribution in [2.75, 3.05) is 0 Å². The van der Waals surface area contributed by atoms with E-state index in [0.717, 1.165) is 19.1 Å². The fourth-order valence-electron chi connectivity index (χ4n) is 1.83. The highest BCUT2D eigenvalue weighted by molar-refractivity contribution is 5.55. The van der Waals surface area contributed by atoms with Crippen LogP contribution in [-0.4, -0.2) is 12.3 Å². The molecule has 1 aliphatic carbocycles. The van der Waals surface area contributed by atoms with E-state index in [1.54, 1.807) is 0 Å². The van der Waals surface area contributed by atoms with Crippen LogP contribution in [0, 0.1) is 17.8 Å². The molecule has 0 amide bonds. The van der Waals surface area contributed by atoms with E-state index in [9.17, 15) is 4.79 Å². The summed E-state index contributed by atoms with van der Waals surface area (Å²) in [5, 5.41) is 0. The van der Waals surface area contributed by atoms with Crippen molar-refractivity contribution >= 4 is 6.29 Å². The van der Waals surface area contributed by atoms with Crippen molar-refractivity contribution in [3.05, 3.63) is 0 Å². The van der Waals surface area contributed by atoms with E-state index in [1.165, 1.54) is 0 Å². The maximum atomic E-state index is 10.5. The van der Waals surface area contributed by atoms with Gasteiger partial charge in [0.2, 0.25) is 0 Å². The minimum Gasteiger partial charge on any atom is -0.327 e. The summed E-state index contributed by atoms with van der Waals surface area (Å²) in [6.07, 6.45) is 3.00. The number of hydrogen-bond donors (Lipinski definition) is 1. The van der Waals surface area contributed by atoms with Crippen LogP contribution >= 0.6 is 0 Å². The normalized spacial score (nSPS) is 45.4. The van der Waals surface area contributed by atoms with Gasteiger partial charge in [0, 0.05) is 12.0 Å². The molecule has 0 aliphatic heterocycles. The molecule has 2 N–H and O–H groups in total. The summed E-state index contributed by atoms with van der Waals surface area (Å²) in [7, 11) is 0. The molecule has 0 spiro atoms. The Morgan fingerprint density at radius 2 is 1.82 bits per heavy atom. The number of nitrogens with two attached hydrogens (primary N) is 1. The molecule has 1 rings (SSSR count). The van der Waals surface area contributed by atoms with Crippen molar-refractivity contribution in [2.24, 2.45) is 23.5 Å². The van der Waals surface area contributed by atoms with Gasteiger partial charge in [-0.1, -0.05) is 13.8 Å². The summed E-state index contributed by atoms with van der Waals surface area (Å²) in [5.74, 6) is 1.45. The van der Waals surface area contributed by atoms with Crippen LogP contribution in [0.25, 0.3) is 0 Å². The molecule has 0 heterocycles. The third-order valence-electron chi connectivity index (χ3n) is 2.98. The molecule has 11 heavy (non-hydrogen) atoms. The lowest BCUT2D eigenvalue weighted by Gasteiger charge is -2.34. The van der Waals surface area contributed by atoms with Gasteiger partial charge in [-0.2, -0.15) is 0 Å². The van der Waals surface area contributed by atoms with Gasteiger partial charge < -0.3 is 10.5 Å². The summed E-state index contributed by atoms with van der Waals surface area (Å²) in [4.78, 5) is 10.5.